The largest absolute Gasteiger partial charge is 0.591 e. The molecule has 6 nitrogen and oxygen atoms in total. The minimum absolute atomic E-state index is 0.0109. The standard InChI is InChI=1S/C16H22FN3O3S/c1-16(2,3)24(22)19-9-11-8-12(17)4-5-14(11)20-7-6-13(20)10-23-15(18)21/h4-5,8-9,13H,6-7,10H2,1-3H3,(H2,18,21). The van der Waals surface area contributed by atoms with Crippen molar-refractivity contribution in [1.29, 1.82) is 0 Å². The SMILES string of the molecule is CC(C)(C)[S+]([O-])N=Cc1cc(F)ccc1N1CCC1COC(N)=O. The zero-order valence-electron chi connectivity index (χ0n) is 14.0. The molecule has 24 heavy (non-hydrogen) atoms. The summed E-state index contributed by atoms with van der Waals surface area (Å²) in [6.45, 7) is 6.39. The minimum Gasteiger partial charge on any atom is -0.591 e. The van der Waals surface area contributed by atoms with E-state index in [1.807, 2.05) is 25.7 Å². The van der Waals surface area contributed by atoms with Crippen LogP contribution in [0.25, 0.3) is 0 Å². The predicted octanol–water partition coefficient (Wildman–Crippen LogP) is 2.38. The van der Waals surface area contributed by atoms with Crippen LogP contribution in [-0.2, 0) is 16.1 Å². The van der Waals surface area contributed by atoms with Gasteiger partial charge >= 0.3 is 6.09 Å². The van der Waals surface area contributed by atoms with Crippen molar-refractivity contribution >= 4 is 29.4 Å². The number of primary amides is 1. The van der Waals surface area contributed by atoms with Crippen molar-refractivity contribution in [3.63, 3.8) is 0 Å². The first-order valence-electron chi connectivity index (χ1n) is 7.63. The van der Waals surface area contributed by atoms with Gasteiger partial charge in [-0.15, -0.1) is 0 Å². The Balaban J connectivity index is 2.19. The maximum absolute atomic E-state index is 13.6. The normalized spacial score (nSPS) is 19.2. The van der Waals surface area contributed by atoms with E-state index in [9.17, 15) is 13.7 Å². The third kappa shape index (κ3) is 4.61. The molecule has 0 bridgehead atoms. The minimum atomic E-state index is -1.43. The lowest BCUT2D eigenvalue weighted by atomic mass is 10.0. The van der Waals surface area contributed by atoms with E-state index in [1.165, 1.54) is 18.3 Å². The number of anilines is 1. The van der Waals surface area contributed by atoms with E-state index in [0.717, 1.165) is 18.7 Å². The van der Waals surface area contributed by atoms with Crippen LogP contribution in [0.1, 0.15) is 32.8 Å². The Labute approximate surface area is 144 Å². The van der Waals surface area contributed by atoms with Crippen LogP contribution < -0.4 is 10.6 Å². The van der Waals surface area contributed by atoms with Crippen molar-refractivity contribution in [2.45, 2.75) is 38.0 Å². The van der Waals surface area contributed by atoms with Gasteiger partial charge in [-0.2, -0.15) is 0 Å². The number of rotatable bonds is 5. The molecular formula is C16H22FN3O3S. The van der Waals surface area contributed by atoms with Gasteiger partial charge in [0.1, 0.15) is 28.5 Å². The highest BCUT2D eigenvalue weighted by Crippen LogP contribution is 2.30. The van der Waals surface area contributed by atoms with Crippen molar-refractivity contribution in [3.8, 4) is 0 Å². The van der Waals surface area contributed by atoms with Crippen molar-refractivity contribution in [2.24, 2.45) is 10.1 Å². The second-order valence-electron chi connectivity index (χ2n) is 6.57. The van der Waals surface area contributed by atoms with Crippen LogP contribution in [0.5, 0.6) is 0 Å². The number of halogens is 1. The number of nitrogens with zero attached hydrogens (tertiary/aromatic N) is 2. The summed E-state index contributed by atoms with van der Waals surface area (Å²) in [7, 11) is 0. The zero-order valence-corrected chi connectivity index (χ0v) is 14.8. The highest BCUT2D eigenvalue weighted by molar-refractivity contribution is 7.91. The fraction of sp³-hybridized carbons (Fsp3) is 0.500. The molecule has 2 N–H and O–H groups in total. The van der Waals surface area contributed by atoms with E-state index < -0.39 is 28.0 Å². The maximum Gasteiger partial charge on any atom is 0.404 e. The molecule has 2 unspecified atom stereocenters. The Bertz CT molecular complexity index is 633. The molecule has 1 aliphatic heterocycles. The summed E-state index contributed by atoms with van der Waals surface area (Å²) in [6, 6.07) is 4.34. The summed E-state index contributed by atoms with van der Waals surface area (Å²) in [4.78, 5) is 12.7. The molecule has 1 saturated heterocycles. The number of hydrogen-bond acceptors (Lipinski definition) is 5. The molecule has 2 atom stereocenters. The van der Waals surface area contributed by atoms with Gasteiger partial charge in [-0.1, -0.05) is 4.40 Å². The topological polar surface area (TPSA) is 91.0 Å². The number of ether oxygens (including phenoxy) is 1. The molecule has 0 aromatic heterocycles. The van der Waals surface area contributed by atoms with Crippen LogP contribution >= 0.6 is 0 Å². The molecule has 2 rings (SSSR count). The van der Waals surface area contributed by atoms with Gasteiger partial charge in [-0.3, -0.25) is 0 Å². The highest BCUT2D eigenvalue weighted by Gasteiger charge is 2.31. The van der Waals surface area contributed by atoms with Crippen molar-refractivity contribution in [3.05, 3.63) is 29.6 Å². The summed E-state index contributed by atoms with van der Waals surface area (Å²) in [6.07, 6.45) is 1.46. The highest BCUT2D eigenvalue weighted by atomic mass is 32.2. The lowest BCUT2D eigenvalue weighted by Crippen LogP contribution is -2.51. The molecule has 1 heterocycles. The van der Waals surface area contributed by atoms with E-state index in [0.29, 0.717) is 5.56 Å². The first kappa shape index (κ1) is 18.5. The smallest absolute Gasteiger partial charge is 0.404 e. The molecule has 0 saturated carbocycles. The number of amides is 1. The lowest BCUT2D eigenvalue weighted by Gasteiger charge is -2.43. The molecule has 0 radical (unpaired) electrons. The van der Waals surface area contributed by atoms with Gasteiger partial charge in [0.2, 0.25) is 0 Å². The molecule has 8 heteroatoms. The average Bonchev–Trinajstić information content (AvgIpc) is 2.44. The molecule has 1 fully saturated rings. The second kappa shape index (κ2) is 7.40. The predicted molar refractivity (Wildman–Crippen MR) is 93.2 cm³/mol. The fourth-order valence-electron chi connectivity index (χ4n) is 2.26. The van der Waals surface area contributed by atoms with Crippen molar-refractivity contribution < 1.29 is 18.5 Å². The average molecular weight is 355 g/mol. The van der Waals surface area contributed by atoms with Crippen LogP contribution in [-0.4, -0.2) is 40.8 Å². The fourth-order valence-corrected chi connectivity index (χ4v) is 2.79. The van der Waals surface area contributed by atoms with Crippen LogP contribution in [0, 0.1) is 5.82 Å². The molecule has 0 aliphatic carbocycles. The number of benzene rings is 1. The third-order valence-electron chi connectivity index (χ3n) is 3.67. The number of carbonyl (C=O) groups is 1. The number of nitrogens with two attached hydrogens (primary N) is 1. The van der Waals surface area contributed by atoms with Crippen LogP contribution in [0.4, 0.5) is 14.9 Å². The molecule has 1 aliphatic rings. The van der Waals surface area contributed by atoms with E-state index in [1.54, 1.807) is 6.07 Å². The van der Waals surface area contributed by atoms with E-state index >= 15 is 0 Å². The monoisotopic (exact) mass is 355 g/mol. The lowest BCUT2D eigenvalue weighted by molar-refractivity contribution is 0.139. The number of carbonyl (C=O) groups excluding carboxylic acids is 1. The Hall–Kier alpha value is -1.80. The summed E-state index contributed by atoms with van der Waals surface area (Å²) in [5, 5.41) is 0. The first-order valence-corrected chi connectivity index (χ1v) is 8.73. The quantitative estimate of drug-likeness (QED) is 0.648. The first-order chi connectivity index (χ1) is 11.2. The molecule has 1 amide bonds. The van der Waals surface area contributed by atoms with Crippen LogP contribution in [0.3, 0.4) is 0 Å². The van der Waals surface area contributed by atoms with Gasteiger partial charge in [-0.05, 0) is 45.4 Å². The third-order valence-corrected chi connectivity index (χ3v) is 5.02. The van der Waals surface area contributed by atoms with Gasteiger partial charge < -0.3 is 19.9 Å². The summed E-state index contributed by atoms with van der Waals surface area (Å²) in [5.41, 5.74) is 6.29. The summed E-state index contributed by atoms with van der Waals surface area (Å²) >= 11 is -1.43. The molecule has 0 spiro atoms. The van der Waals surface area contributed by atoms with Crippen molar-refractivity contribution in [2.75, 3.05) is 18.1 Å². The van der Waals surface area contributed by atoms with Crippen LogP contribution in [0.2, 0.25) is 0 Å². The Kier molecular flexibility index (Phi) is 5.71. The van der Waals surface area contributed by atoms with E-state index in [-0.39, 0.29) is 12.6 Å². The summed E-state index contributed by atoms with van der Waals surface area (Å²) in [5.74, 6) is -0.396. The van der Waals surface area contributed by atoms with Crippen molar-refractivity contribution in [1.82, 2.24) is 0 Å². The Morgan fingerprint density at radius 3 is 2.83 bits per heavy atom. The second-order valence-corrected chi connectivity index (χ2v) is 8.50. The van der Waals surface area contributed by atoms with Crippen LogP contribution in [0.15, 0.2) is 22.6 Å². The zero-order chi connectivity index (χ0) is 17.9. The molecular weight excluding hydrogens is 333 g/mol. The van der Waals surface area contributed by atoms with Gasteiger partial charge in [0, 0.05) is 17.8 Å². The molecule has 132 valence electrons. The van der Waals surface area contributed by atoms with Gasteiger partial charge in [-0.25, -0.2) is 9.18 Å². The van der Waals surface area contributed by atoms with E-state index in [4.69, 9.17) is 10.5 Å². The van der Waals surface area contributed by atoms with E-state index in [2.05, 4.69) is 4.40 Å². The summed E-state index contributed by atoms with van der Waals surface area (Å²) < 4.78 is 34.1. The molecule has 1 aromatic carbocycles. The molecule has 1 aromatic rings. The Morgan fingerprint density at radius 1 is 1.58 bits per heavy atom. The van der Waals surface area contributed by atoms with Gasteiger partial charge in [0.25, 0.3) is 0 Å². The Morgan fingerprint density at radius 2 is 2.29 bits per heavy atom. The van der Waals surface area contributed by atoms with Gasteiger partial charge in [0.15, 0.2) is 0 Å². The maximum atomic E-state index is 13.6. The van der Waals surface area contributed by atoms with Gasteiger partial charge in [0.05, 0.1) is 12.3 Å². The number of hydrogen-bond donors (Lipinski definition) is 1.